The molecule has 5 heteroatoms. The van der Waals surface area contributed by atoms with Crippen molar-refractivity contribution >= 4 is 29.9 Å². The van der Waals surface area contributed by atoms with Crippen LogP contribution in [0.2, 0.25) is 0 Å². The van der Waals surface area contributed by atoms with Crippen molar-refractivity contribution in [2.75, 3.05) is 19.6 Å². The molecule has 1 saturated carbocycles. The van der Waals surface area contributed by atoms with Gasteiger partial charge in [0, 0.05) is 6.04 Å². The van der Waals surface area contributed by atoms with Crippen LogP contribution in [0.25, 0.3) is 0 Å². The van der Waals surface area contributed by atoms with Crippen molar-refractivity contribution in [2.45, 2.75) is 57.0 Å². The summed E-state index contributed by atoms with van der Waals surface area (Å²) in [6.07, 6.45) is 9.03. The summed E-state index contributed by atoms with van der Waals surface area (Å²) in [7, 11) is 0. The van der Waals surface area contributed by atoms with E-state index in [-0.39, 0.29) is 24.0 Å². The molecule has 1 aliphatic carbocycles. The van der Waals surface area contributed by atoms with Crippen LogP contribution in [-0.4, -0.2) is 36.5 Å². The van der Waals surface area contributed by atoms with E-state index in [4.69, 9.17) is 5.73 Å². The zero-order valence-electron chi connectivity index (χ0n) is 14.5. The number of nitrogens with one attached hydrogen (secondary N) is 1. The molecule has 4 nitrogen and oxygen atoms in total. The van der Waals surface area contributed by atoms with Gasteiger partial charge in [-0.1, -0.05) is 49.6 Å². The minimum absolute atomic E-state index is 0. The van der Waals surface area contributed by atoms with Gasteiger partial charge in [0.15, 0.2) is 5.96 Å². The number of nitrogens with two attached hydrogens (primary N) is 1. The molecule has 1 aromatic carbocycles. The van der Waals surface area contributed by atoms with Gasteiger partial charge in [0.2, 0.25) is 0 Å². The first kappa shape index (κ1) is 19.5. The maximum absolute atomic E-state index is 6.15. The van der Waals surface area contributed by atoms with Gasteiger partial charge in [-0.3, -0.25) is 9.89 Å². The molecular weight excluding hydrogens is 411 g/mol. The number of guanidine groups is 1. The van der Waals surface area contributed by atoms with E-state index in [1.54, 1.807) is 0 Å². The van der Waals surface area contributed by atoms with Crippen LogP contribution in [-0.2, 0) is 0 Å². The van der Waals surface area contributed by atoms with E-state index >= 15 is 0 Å². The summed E-state index contributed by atoms with van der Waals surface area (Å²) in [5, 5.41) is 3.43. The standard InChI is InChI=1S/C19H30N4.HI/c20-19(22-17-11-5-2-6-12-17)21-15-18(23-13-7-8-14-23)16-9-3-1-4-10-16;/h1,3-4,9-10,17-18H,2,5-8,11-15H2,(H3,20,21,22);1H. The maximum atomic E-state index is 6.15. The quantitative estimate of drug-likeness (QED) is 0.416. The van der Waals surface area contributed by atoms with Gasteiger partial charge < -0.3 is 11.1 Å². The zero-order valence-corrected chi connectivity index (χ0v) is 16.8. The normalized spacial score (nSPS) is 21.2. The Bertz CT molecular complexity index is 493. The highest BCUT2D eigenvalue weighted by Gasteiger charge is 2.23. The second-order valence-electron chi connectivity index (χ2n) is 6.87. The van der Waals surface area contributed by atoms with Crippen LogP contribution in [0.4, 0.5) is 0 Å². The Hall–Kier alpha value is -0.820. The molecule has 3 rings (SSSR count). The number of hydrogen-bond donors (Lipinski definition) is 2. The maximum Gasteiger partial charge on any atom is 0.188 e. The fourth-order valence-electron chi connectivity index (χ4n) is 3.85. The molecule has 1 atom stereocenters. The number of rotatable bonds is 5. The van der Waals surface area contributed by atoms with Crippen LogP contribution in [0.15, 0.2) is 35.3 Å². The number of likely N-dealkylation sites (tertiary alicyclic amines) is 1. The molecule has 1 unspecified atom stereocenters. The molecule has 1 aliphatic heterocycles. The van der Waals surface area contributed by atoms with Gasteiger partial charge in [-0.25, -0.2) is 0 Å². The Kier molecular flexibility index (Phi) is 8.32. The number of halogens is 1. The first-order valence-electron chi connectivity index (χ1n) is 9.18. The summed E-state index contributed by atoms with van der Waals surface area (Å²) in [5.74, 6) is 0.622. The second kappa shape index (κ2) is 10.2. The summed E-state index contributed by atoms with van der Waals surface area (Å²) < 4.78 is 0. The van der Waals surface area contributed by atoms with E-state index in [0.29, 0.717) is 18.0 Å². The number of aliphatic imine (C=N–C) groups is 1. The third kappa shape index (κ3) is 5.62. The van der Waals surface area contributed by atoms with E-state index in [9.17, 15) is 0 Å². The molecule has 0 spiro atoms. The first-order chi connectivity index (χ1) is 11.3. The van der Waals surface area contributed by atoms with E-state index < -0.39 is 0 Å². The van der Waals surface area contributed by atoms with Crippen molar-refractivity contribution in [2.24, 2.45) is 10.7 Å². The minimum Gasteiger partial charge on any atom is -0.370 e. The van der Waals surface area contributed by atoms with Gasteiger partial charge in [-0.05, 0) is 44.3 Å². The van der Waals surface area contributed by atoms with E-state index in [1.165, 1.54) is 63.6 Å². The molecule has 0 radical (unpaired) electrons. The van der Waals surface area contributed by atoms with Gasteiger partial charge >= 0.3 is 0 Å². The molecule has 0 aromatic heterocycles. The lowest BCUT2D eigenvalue weighted by molar-refractivity contribution is 0.251. The van der Waals surface area contributed by atoms with E-state index in [1.807, 2.05) is 0 Å². The molecule has 2 aliphatic rings. The molecule has 2 fully saturated rings. The summed E-state index contributed by atoms with van der Waals surface area (Å²) in [5.41, 5.74) is 7.50. The van der Waals surface area contributed by atoms with Crippen LogP contribution in [0.3, 0.4) is 0 Å². The Morgan fingerprint density at radius 2 is 1.75 bits per heavy atom. The van der Waals surface area contributed by atoms with Crippen LogP contribution in [0.5, 0.6) is 0 Å². The predicted molar refractivity (Wildman–Crippen MR) is 112 cm³/mol. The zero-order chi connectivity index (χ0) is 15.9. The third-order valence-corrected chi connectivity index (χ3v) is 5.16. The minimum atomic E-state index is 0. The van der Waals surface area contributed by atoms with Crippen molar-refractivity contribution in [3.05, 3.63) is 35.9 Å². The van der Waals surface area contributed by atoms with E-state index in [2.05, 4.69) is 45.5 Å². The molecule has 1 saturated heterocycles. The van der Waals surface area contributed by atoms with E-state index in [0.717, 1.165) is 6.54 Å². The van der Waals surface area contributed by atoms with Gasteiger partial charge in [-0.15, -0.1) is 24.0 Å². The first-order valence-corrected chi connectivity index (χ1v) is 9.18. The molecule has 0 amide bonds. The Balaban J connectivity index is 0.00000208. The monoisotopic (exact) mass is 442 g/mol. The predicted octanol–water partition coefficient (Wildman–Crippen LogP) is 3.68. The van der Waals surface area contributed by atoms with Crippen LogP contribution in [0, 0.1) is 0 Å². The lowest BCUT2D eigenvalue weighted by Gasteiger charge is -2.27. The van der Waals surface area contributed by atoms with Crippen LogP contribution >= 0.6 is 24.0 Å². The van der Waals surface area contributed by atoms with Crippen molar-refractivity contribution < 1.29 is 0 Å². The largest absolute Gasteiger partial charge is 0.370 e. The molecule has 1 aromatic rings. The highest BCUT2D eigenvalue weighted by molar-refractivity contribution is 14.0. The molecule has 134 valence electrons. The number of hydrogen-bond acceptors (Lipinski definition) is 2. The number of benzene rings is 1. The fraction of sp³-hybridized carbons (Fsp3) is 0.632. The third-order valence-electron chi connectivity index (χ3n) is 5.16. The lowest BCUT2D eigenvalue weighted by Crippen LogP contribution is -2.41. The van der Waals surface area contributed by atoms with Gasteiger partial charge in [0.05, 0.1) is 12.6 Å². The van der Waals surface area contributed by atoms with Crippen molar-refractivity contribution in [1.29, 1.82) is 0 Å². The smallest absolute Gasteiger partial charge is 0.188 e. The topological polar surface area (TPSA) is 53.6 Å². The average molecular weight is 442 g/mol. The summed E-state index contributed by atoms with van der Waals surface area (Å²) in [6.45, 7) is 3.09. The Morgan fingerprint density at radius 1 is 1.08 bits per heavy atom. The Labute approximate surface area is 163 Å². The summed E-state index contributed by atoms with van der Waals surface area (Å²) >= 11 is 0. The highest BCUT2D eigenvalue weighted by Crippen LogP contribution is 2.25. The van der Waals surface area contributed by atoms with Crippen molar-refractivity contribution in [3.63, 3.8) is 0 Å². The fourth-order valence-corrected chi connectivity index (χ4v) is 3.85. The number of nitrogens with zero attached hydrogens (tertiary/aromatic N) is 2. The molecule has 1 heterocycles. The summed E-state index contributed by atoms with van der Waals surface area (Å²) in [6, 6.07) is 11.6. The van der Waals surface area contributed by atoms with Gasteiger partial charge in [0.1, 0.15) is 0 Å². The molecule has 3 N–H and O–H groups in total. The van der Waals surface area contributed by atoms with Crippen LogP contribution < -0.4 is 11.1 Å². The lowest BCUT2D eigenvalue weighted by atomic mass is 9.96. The van der Waals surface area contributed by atoms with Crippen LogP contribution in [0.1, 0.15) is 56.6 Å². The average Bonchev–Trinajstić information content (AvgIpc) is 3.11. The van der Waals surface area contributed by atoms with Crippen molar-refractivity contribution in [3.8, 4) is 0 Å². The molecule has 0 bridgehead atoms. The highest BCUT2D eigenvalue weighted by atomic mass is 127. The van der Waals surface area contributed by atoms with Gasteiger partial charge in [0.25, 0.3) is 0 Å². The second-order valence-corrected chi connectivity index (χ2v) is 6.87. The molecule has 24 heavy (non-hydrogen) atoms. The molecular formula is C19H31IN4. The SMILES string of the molecule is I.NC(=NCC(c1ccccc1)N1CCCC1)NC1CCCCC1. The Morgan fingerprint density at radius 3 is 2.42 bits per heavy atom. The summed E-state index contributed by atoms with van der Waals surface area (Å²) in [4.78, 5) is 7.23. The van der Waals surface area contributed by atoms with Crippen molar-refractivity contribution in [1.82, 2.24) is 10.2 Å². The van der Waals surface area contributed by atoms with Gasteiger partial charge in [-0.2, -0.15) is 0 Å².